The first kappa shape index (κ1) is 15.0. The Labute approximate surface area is 125 Å². The summed E-state index contributed by atoms with van der Waals surface area (Å²) in [6.07, 6.45) is 0. The third kappa shape index (κ3) is 3.17. The molecule has 0 amide bonds. The molecule has 0 aliphatic carbocycles. The number of benzene rings is 2. The Hall–Kier alpha value is -1.44. The van der Waals surface area contributed by atoms with E-state index in [0.29, 0.717) is 11.0 Å². The van der Waals surface area contributed by atoms with E-state index in [9.17, 15) is 12.8 Å². The molecule has 4 nitrogen and oxygen atoms in total. The molecule has 3 N–H and O–H groups in total. The summed E-state index contributed by atoms with van der Waals surface area (Å²) in [7, 11) is -3.84. The van der Waals surface area contributed by atoms with Crippen molar-refractivity contribution in [3.05, 3.63) is 58.3 Å². The number of nitrogens with two attached hydrogens (primary N) is 1. The second-order valence-electron chi connectivity index (χ2n) is 4.05. The van der Waals surface area contributed by atoms with Crippen molar-refractivity contribution in [2.75, 3.05) is 4.72 Å². The average molecular weight is 359 g/mol. The van der Waals surface area contributed by atoms with Crippen LogP contribution in [-0.4, -0.2) is 8.42 Å². The van der Waals surface area contributed by atoms with Gasteiger partial charge in [0.1, 0.15) is 5.82 Å². The largest absolute Gasteiger partial charge is 0.326 e. The van der Waals surface area contributed by atoms with Gasteiger partial charge in [-0.1, -0.05) is 18.2 Å². The molecule has 0 atom stereocenters. The number of rotatable bonds is 4. The van der Waals surface area contributed by atoms with E-state index in [1.165, 1.54) is 24.3 Å². The van der Waals surface area contributed by atoms with Gasteiger partial charge < -0.3 is 5.73 Å². The number of halogens is 2. The molecule has 0 aliphatic heterocycles. The lowest BCUT2D eigenvalue weighted by Crippen LogP contribution is -2.14. The third-order valence-corrected chi connectivity index (χ3v) is 4.69. The fraction of sp³-hybridized carbons (Fsp3) is 0.0769. The molecule has 0 fully saturated rings. The van der Waals surface area contributed by atoms with Gasteiger partial charge in [-0.05, 0) is 45.8 Å². The van der Waals surface area contributed by atoms with E-state index in [-0.39, 0.29) is 10.6 Å². The molecule has 0 bridgehead atoms. The number of hydrogen-bond donors (Lipinski definition) is 2. The highest BCUT2D eigenvalue weighted by molar-refractivity contribution is 9.10. The van der Waals surface area contributed by atoms with E-state index < -0.39 is 15.8 Å². The Bertz CT molecular complexity index is 697. The van der Waals surface area contributed by atoms with Gasteiger partial charge in [-0.25, -0.2) is 12.8 Å². The molecule has 0 heterocycles. The lowest BCUT2D eigenvalue weighted by atomic mass is 10.2. The molecule has 20 heavy (non-hydrogen) atoms. The minimum atomic E-state index is -3.84. The summed E-state index contributed by atoms with van der Waals surface area (Å²) >= 11 is 3.11. The van der Waals surface area contributed by atoms with Gasteiger partial charge in [0.05, 0.1) is 10.6 Å². The van der Waals surface area contributed by atoms with Gasteiger partial charge in [-0.3, -0.25) is 4.72 Å². The van der Waals surface area contributed by atoms with Crippen LogP contribution < -0.4 is 10.5 Å². The first-order valence-corrected chi connectivity index (χ1v) is 7.97. The number of para-hydroxylation sites is 1. The average Bonchev–Trinajstić information content (AvgIpc) is 2.43. The molecule has 2 aromatic rings. The highest BCUT2D eigenvalue weighted by atomic mass is 79.9. The number of anilines is 1. The highest BCUT2D eigenvalue weighted by Crippen LogP contribution is 2.27. The predicted molar refractivity (Wildman–Crippen MR) is 79.2 cm³/mol. The zero-order valence-electron chi connectivity index (χ0n) is 10.3. The van der Waals surface area contributed by atoms with Crippen molar-refractivity contribution >= 4 is 31.6 Å². The van der Waals surface area contributed by atoms with Crippen LogP contribution in [0, 0.1) is 5.82 Å². The second kappa shape index (κ2) is 5.90. The van der Waals surface area contributed by atoms with Crippen LogP contribution in [0.4, 0.5) is 10.1 Å². The van der Waals surface area contributed by atoms with Crippen LogP contribution in [0.3, 0.4) is 0 Å². The molecule has 2 aromatic carbocycles. The molecular weight excluding hydrogens is 347 g/mol. The van der Waals surface area contributed by atoms with Crippen molar-refractivity contribution < 1.29 is 12.8 Å². The quantitative estimate of drug-likeness (QED) is 0.882. The first-order valence-electron chi connectivity index (χ1n) is 5.70. The summed E-state index contributed by atoms with van der Waals surface area (Å²) in [4.78, 5) is 0.0462. The summed E-state index contributed by atoms with van der Waals surface area (Å²) in [6, 6.07) is 10.3. The van der Waals surface area contributed by atoms with Crippen LogP contribution in [0.5, 0.6) is 0 Å². The first-order chi connectivity index (χ1) is 9.44. The molecule has 106 valence electrons. The van der Waals surface area contributed by atoms with Crippen LogP contribution in [0.25, 0.3) is 0 Å². The van der Waals surface area contributed by atoms with Crippen LogP contribution >= 0.6 is 15.9 Å². The molecule has 0 saturated heterocycles. The third-order valence-electron chi connectivity index (χ3n) is 2.67. The Kier molecular flexibility index (Phi) is 4.42. The van der Waals surface area contributed by atoms with Gasteiger partial charge >= 0.3 is 0 Å². The zero-order chi connectivity index (χ0) is 14.8. The van der Waals surface area contributed by atoms with E-state index in [2.05, 4.69) is 20.7 Å². The maximum atomic E-state index is 13.6. The maximum Gasteiger partial charge on any atom is 0.262 e. The SMILES string of the molecule is NCc1ccc(S(=O)(=O)Nc2c(F)cccc2Br)cc1. The molecule has 0 unspecified atom stereocenters. The summed E-state index contributed by atoms with van der Waals surface area (Å²) < 4.78 is 40.6. The van der Waals surface area contributed by atoms with Crippen molar-refractivity contribution in [3.63, 3.8) is 0 Å². The van der Waals surface area contributed by atoms with Crippen molar-refractivity contribution in [3.8, 4) is 0 Å². The molecule has 0 saturated carbocycles. The van der Waals surface area contributed by atoms with Crippen LogP contribution in [0.2, 0.25) is 0 Å². The molecule has 7 heteroatoms. The zero-order valence-corrected chi connectivity index (χ0v) is 12.7. The normalized spacial score (nSPS) is 11.3. The lowest BCUT2D eigenvalue weighted by Gasteiger charge is -2.11. The van der Waals surface area contributed by atoms with E-state index in [1.54, 1.807) is 18.2 Å². The van der Waals surface area contributed by atoms with Gasteiger partial charge in [0.15, 0.2) is 0 Å². The van der Waals surface area contributed by atoms with Gasteiger partial charge in [0.2, 0.25) is 0 Å². The van der Waals surface area contributed by atoms with E-state index >= 15 is 0 Å². The number of hydrogen-bond acceptors (Lipinski definition) is 3. The van der Waals surface area contributed by atoms with E-state index in [1.807, 2.05) is 0 Å². The predicted octanol–water partition coefficient (Wildman–Crippen LogP) is 2.85. The monoisotopic (exact) mass is 358 g/mol. The summed E-state index contributed by atoms with van der Waals surface area (Å²) in [5.74, 6) is -0.651. The van der Waals surface area contributed by atoms with Crippen molar-refractivity contribution in [1.82, 2.24) is 0 Å². The summed E-state index contributed by atoms with van der Waals surface area (Å²) in [5, 5.41) is 0. The van der Waals surface area contributed by atoms with Gasteiger partial charge in [-0.15, -0.1) is 0 Å². The molecule has 0 radical (unpaired) electrons. The summed E-state index contributed by atoms with van der Waals surface area (Å²) in [5.41, 5.74) is 6.15. The molecular formula is C13H12BrFN2O2S. The van der Waals surface area contributed by atoms with Gasteiger partial charge in [0.25, 0.3) is 10.0 Å². The van der Waals surface area contributed by atoms with Gasteiger partial charge in [-0.2, -0.15) is 0 Å². The van der Waals surface area contributed by atoms with Crippen LogP contribution in [-0.2, 0) is 16.6 Å². The van der Waals surface area contributed by atoms with Crippen LogP contribution in [0.1, 0.15) is 5.56 Å². The van der Waals surface area contributed by atoms with Gasteiger partial charge in [0, 0.05) is 11.0 Å². The minimum absolute atomic E-state index is 0.0462. The van der Waals surface area contributed by atoms with Crippen molar-refractivity contribution in [2.24, 2.45) is 5.73 Å². The number of sulfonamides is 1. The number of nitrogens with one attached hydrogen (secondary N) is 1. The molecule has 2 rings (SSSR count). The van der Waals surface area contributed by atoms with E-state index in [0.717, 1.165) is 5.56 Å². The Morgan fingerprint density at radius 2 is 1.80 bits per heavy atom. The topological polar surface area (TPSA) is 72.2 Å². The van der Waals surface area contributed by atoms with Crippen molar-refractivity contribution in [2.45, 2.75) is 11.4 Å². The highest BCUT2D eigenvalue weighted by Gasteiger charge is 2.17. The van der Waals surface area contributed by atoms with E-state index in [4.69, 9.17) is 5.73 Å². The minimum Gasteiger partial charge on any atom is -0.326 e. The Morgan fingerprint density at radius 3 is 2.35 bits per heavy atom. The molecule has 0 aromatic heterocycles. The Morgan fingerprint density at radius 1 is 1.15 bits per heavy atom. The smallest absolute Gasteiger partial charge is 0.262 e. The summed E-state index contributed by atoms with van der Waals surface area (Å²) in [6.45, 7) is 0.326. The molecule has 0 aliphatic rings. The maximum absolute atomic E-state index is 13.6. The standard InChI is InChI=1S/C13H12BrFN2O2S/c14-11-2-1-3-12(15)13(11)17-20(18,19)10-6-4-9(8-16)5-7-10/h1-7,17H,8,16H2. The second-order valence-corrected chi connectivity index (χ2v) is 6.59. The Balaban J connectivity index is 2.35. The fourth-order valence-corrected chi connectivity index (χ4v) is 3.25. The molecule has 0 spiro atoms. The lowest BCUT2D eigenvalue weighted by molar-refractivity contribution is 0.598. The fourth-order valence-electron chi connectivity index (χ4n) is 1.59. The van der Waals surface area contributed by atoms with Crippen molar-refractivity contribution in [1.29, 1.82) is 0 Å². The van der Waals surface area contributed by atoms with Crippen LogP contribution in [0.15, 0.2) is 51.8 Å².